The maximum Gasteiger partial charge on any atom is 0.262 e. The predicted octanol–water partition coefficient (Wildman–Crippen LogP) is 5.47. The molecule has 1 aliphatic carbocycles. The van der Waals surface area contributed by atoms with Crippen molar-refractivity contribution in [2.45, 2.75) is 101 Å². The fourth-order valence-corrected chi connectivity index (χ4v) is 11.1. The molecule has 2 atom stereocenters. The number of nitrogens with one attached hydrogen (secondary N) is 2. The van der Waals surface area contributed by atoms with Crippen LogP contribution in [-0.2, 0) is 33.9 Å². The molecule has 0 radical (unpaired) electrons. The molecule has 10 rings (SSSR count). The average Bonchev–Trinajstić information content (AvgIpc) is 3.94. The van der Waals surface area contributed by atoms with Gasteiger partial charge in [0.25, 0.3) is 18.2 Å². The molecule has 3 fully saturated rings. The van der Waals surface area contributed by atoms with E-state index < -0.39 is 42.1 Å². The number of hydrogen-bond donors (Lipinski definition) is 2. The van der Waals surface area contributed by atoms with Gasteiger partial charge in [0.1, 0.15) is 6.04 Å². The minimum absolute atomic E-state index is 0.0483. The van der Waals surface area contributed by atoms with Crippen LogP contribution in [-0.4, -0.2) is 111 Å². The van der Waals surface area contributed by atoms with E-state index in [1.54, 1.807) is 19.2 Å². The Labute approximate surface area is 351 Å². The van der Waals surface area contributed by atoms with E-state index in [-0.39, 0.29) is 43.2 Å². The Balaban J connectivity index is 0.749. The zero-order valence-electron chi connectivity index (χ0n) is 34.1. The number of piperidine rings is 2. The normalized spacial score (nSPS) is 25.0. The molecule has 2 N–H and O–H groups in total. The molecule has 5 amide bonds. The van der Waals surface area contributed by atoms with Gasteiger partial charge in [0.2, 0.25) is 23.6 Å². The average molecular weight is 834 g/mol. The number of ether oxygens (including phenoxy) is 1. The van der Waals surface area contributed by atoms with Gasteiger partial charge in [0.15, 0.2) is 0 Å². The Kier molecular flexibility index (Phi) is 10.2. The van der Waals surface area contributed by atoms with Gasteiger partial charge in [-0.25, -0.2) is 13.8 Å². The van der Waals surface area contributed by atoms with Crippen molar-refractivity contribution in [1.82, 2.24) is 34.9 Å². The Morgan fingerprint density at radius 2 is 1.57 bits per heavy atom. The summed E-state index contributed by atoms with van der Waals surface area (Å²) in [6, 6.07) is 14.5. The molecule has 2 aromatic carbocycles. The number of pyridine rings is 1. The third kappa shape index (κ3) is 6.99. The predicted molar refractivity (Wildman–Crippen MR) is 219 cm³/mol. The van der Waals surface area contributed by atoms with Crippen LogP contribution in [0.4, 0.5) is 8.78 Å². The maximum atomic E-state index is 13.9. The van der Waals surface area contributed by atoms with Crippen molar-refractivity contribution in [2.75, 3.05) is 33.3 Å². The molecule has 0 spiro atoms. The van der Waals surface area contributed by atoms with Crippen molar-refractivity contribution in [1.29, 1.82) is 0 Å². The number of nitrogens with zero attached hydrogens (tertiary/aromatic N) is 5. The first-order valence-electron chi connectivity index (χ1n) is 21.6. The standard InChI is InChI=1S/C46H49F2N7O6/c1-61-43-32(41-40-31(16-19-53(41)24-38(47)48)30-4-2-3-5-36(30)49-40)10-11-35(50-43)25-6-8-26(9-7-25)44(58)52-17-14-29(15-18-52)54-22-27-20-33-34(21-28(27)23-54)46(60)55(45(33)59)37-12-13-39(56)51-42(37)57/h2-5,10-11,20-21,25-26,29,37-38,41,49H,6-9,12-19,22-24H2,1H3,(H,51,56,57). The van der Waals surface area contributed by atoms with Crippen LogP contribution in [0.3, 0.4) is 0 Å². The van der Waals surface area contributed by atoms with Crippen LogP contribution < -0.4 is 10.1 Å². The lowest BCUT2D eigenvalue weighted by atomic mass is 9.79. The summed E-state index contributed by atoms with van der Waals surface area (Å²) in [6.45, 7) is 2.78. The van der Waals surface area contributed by atoms with Gasteiger partial charge in [-0.15, -0.1) is 0 Å². The van der Waals surface area contributed by atoms with Gasteiger partial charge in [-0.1, -0.05) is 18.2 Å². The lowest BCUT2D eigenvalue weighted by Crippen LogP contribution is -2.54. The lowest BCUT2D eigenvalue weighted by Gasteiger charge is -2.39. The number of carbonyl (C=O) groups excluding carboxylic acids is 5. The number of H-pyrrole nitrogens is 1. The largest absolute Gasteiger partial charge is 0.481 e. The molecule has 2 unspecified atom stereocenters. The van der Waals surface area contributed by atoms with Gasteiger partial charge in [0, 0.05) is 84.9 Å². The van der Waals surface area contributed by atoms with Crippen molar-refractivity contribution < 1.29 is 37.5 Å². The number of methoxy groups -OCH3 is 1. The highest BCUT2D eigenvalue weighted by atomic mass is 19.3. The van der Waals surface area contributed by atoms with Crippen molar-refractivity contribution in [3.05, 3.63) is 93.3 Å². The summed E-state index contributed by atoms with van der Waals surface area (Å²) < 4.78 is 33.6. The zero-order valence-corrected chi connectivity index (χ0v) is 34.1. The number of fused-ring (bicyclic) bond motifs is 5. The molecule has 5 aliphatic heterocycles. The first kappa shape index (κ1) is 39.6. The van der Waals surface area contributed by atoms with Gasteiger partial charge >= 0.3 is 0 Å². The summed E-state index contributed by atoms with van der Waals surface area (Å²) in [5.74, 6) is -1.24. The van der Waals surface area contributed by atoms with Crippen molar-refractivity contribution in [3.8, 4) is 5.88 Å². The van der Waals surface area contributed by atoms with Crippen LogP contribution in [0.2, 0.25) is 0 Å². The van der Waals surface area contributed by atoms with Crippen LogP contribution in [0.1, 0.15) is 118 Å². The molecule has 1 saturated carbocycles. The number of aromatic nitrogens is 2. The molecular weight excluding hydrogens is 785 g/mol. The van der Waals surface area contributed by atoms with E-state index in [2.05, 4.69) is 21.3 Å². The highest BCUT2D eigenvalue weighted by Crippen LogP contribution is 2.44. The molecule has 318 valence electrons. The van der Waals surface area contributed by atoms with Crippen molar-refractivity contribution in [2.24, 2.45) is 5.92 Å². The van der Waals surface area contributed by atoms with Crippen LogP contribution in [0, 0.1) is 5.92 Å². The maximum absolute atomic E-state index is 13.9. The molecule has 13 nitrogen and oxygen atoms in total. The van der Waals surface area contributed by atoms with E-state index >= 15 is 0 Å². The third-order valence-electron chi connectivity index (χ3n) is 14.2. The number of hydrogen-bond acceptors (Lipinski definition) is 9. The Hall–Kier alpha value is -5.54. The number of aromatic amines is 1. The monoisotopic (exact) mass is 833 g/mol. The second-order valence-corrected chi connectivity index (χ2v) is 17.6. The Morgan fingerprint density at radius 3 is 2.25 bits per heavy atom. The number of carbonyl (C=O) groups is 5. The highest BCUT2D eigenvalue weighted by Gasteiger charge is 2.46. The molecule has 6 aliphatic rings. The van der Waals surface area contributed by atoms with E-state index in [0.717, 1.165) is 88.0 Å². The van der Waals surface area contributed by atoms with E-state index in [1.165, 1.54) is 0 Å². The summed E-state index contributed by atoms with van der Waals surface area (Å²) in [5.41, 5.74) is 7.30. The van der Waals surface area contributed by atoms with E-state index in [1.807, 2.05) is 40.1 Å². The molecule has 2 saturated heterocycles. The molecule has 61 heavy (non-hydrogen) atoms. The Bertz CT molecular complexity index is 2410. The third-order valence-corrected chi connectivity index (χ3v) is 14.2. The summed E-state index contributed by atoms with van der Waals surface area (Å²) >= 11 is 0. The Morgan fingerprint density at radius 1 is 0.869 bits per heavy atom. The van der Waals surface area contributed by atoms with Crippen LogP contribution >= 0.6 is 0 Å². The molecule has 0 bridgehead atoms. The summed E-state index contributed by atoms with van der Waals surface area (Å²) in [4.78, 5) is 80.5. The lowest BCUT2D eigenvalue weighted by molar-refractivity contribution is -0.138. The second kappa shape index (κ2) is 15.7. The summed E-state index contributed by atoms with van der Waals surface area (Å²) in [6.07, 6.45) is 3.25. The minimum Gasteiger partial charge on any atom is -0.481 e. The van der Waals surface area contributed by atoms with Crippen molar-refractivity contribution >= 4 is 40.4 Å². The van der Waals surface area contributed by atoms with Gasteiger partial charge in [-0.3, -0.25) is 44.0 Å². The van der Waals surface area contributed by atoms with E-state index in [0.29, 0.717) is 56.2 Å². The fourth-order valence-electron chi connectivity index (χ4n) is 11.1. The summed E-state index contributed by atoms with van der Waals surface area (Å²) in [7, 11) is 1.58. The molecular formula is C46H49F2N7O6. The number of halogens is 2. The SMILES string of the molecule is COc1nc(C2CCC(C(=O)N3CCC(N4Cc5cc6c(cc5C4)C(=O)N(C4CCC(=O)NC4=O)C6=O)CC3)CC2)ccc1C1c2[nH]c3ccccc3c2CCN1CC(F)F. The van der Waals surface area contributed by atoms with Gasteiger partial charge < -0.3 is 14.6 Å². The molecule has 7 heterocycles. The zero-order chi connectivity index (χ0) is 42.1. The first-order chi connectivity index (χ1) is 29.6. The van der Waals surface area contributed by atoms with Crippen LogP contribution in [0.15, 0.2) is 48.5 Å². The van der Waals surface area contributed by atoms with Gasteiger partial charge in [-0.2, -0.15) is 0 Å². The highest BCUT2D eigenvalue weighted by molar-refractivity contribution is 6.23. The van der Waals surface area contributed by atoms with E-state index in [9.17, 15) is 32.8 Å². The minimum atomic E-state index is -2.48. The fraction of sp³-hybridized carbons (Fsp3) is 0.478. The quantitative estimate of drug-likeness (QED) is 0.221. The number of likely N-dealkylation sites (tertiary alicyclic amines) is 1. The number of amides is 5. The topological polar surface area (TPSA) is 148 Å². The first-order valence-corrected chi connectivity index (χ1v) is 21.6. The van der Waals surface area contributed by atoms with Gasteiger partial charge in [-0.05, 0) is 98.4 Å². The van der Waals surface area contributed by atoms with Crippen LogP contribution in [0.25, 0.3) is 10.9 Å². The van der Waals surface area contributed by atoms with Gasteiger partial charge in [0.05, 0.1) is 30.8 Å². The number of benzene rings is 2. The smallest absolute Gasteiger partial charge is 0.262 e. The summed E-state index contributed by atoms with van der Waals surface area (Å²) in [5, 5.41) is 3.36. The molecule has 15 heteroatoms. The molecule has 2 aromatic heterocycles. The van der Waals surface area contributed by atoms with Crippen LogP contribution in [0.5, 0.6) is 5.88 Å². The van der Waals surface area contributed by atoms with E-state index in [4.69, 9.17) is 9.72 Å². The number of imide groups is 2. The second-order valence-electron chi connectivity index (χ2n) is 17.6. The number of rotatable bonds is 8. The van der Waals surface area contributed by atoms with Crippen molar-refractivity contribution in [3.63, 3.8) is 0 Å². The number of alkyl halides is 2. The molecule has 4 aromatic rings. The number of para-hydroxylation sites is 1.